The number of thiazole rings is 1. The normalized spacial score (nSPS) is 11.2. The van der Waals surface area contributed by atoms with E-state index in [1.54, 1.807) is 11.3 Å². The van der Waals surface area contributed by atoms with Gasteiger partial charge in [-0.15, -0.1) is 0 Å². The van der Waals surface area contributed by atoms with Crippen molar-refractivity contribution in [3.63, 3.8) is 0 Å². The quantitative estimate of drug-likeness (QED) is 0.233. The minimum absolute atomic E-state index is 0.720. The molecule has 0 spiro atoms. The van der Waals surface area contributed by atoms with Crippen LogP contribution in [0.3, 0.4) is 0 Å². The van der Waals surface area contributed by atoms with E-state index in [9.17, 15) is 0 Å². The number of benzene rings is 5. The Kier molecular flexibility index (Phi) is 5.01. The summed E-state index contributed by atoms with van der Waals surface area (Å²) < 4.78 is 1.12. The van der Waals surface area contributed by atoms with Crippen molar-refractivity contribution in [1.29, 1.82) is 0 Å². The van der Waals surface area contributed by atoms with E-state index in [1.807, 2.05) is 60.7 Å². The zero-order valence-corrected chi connectivity index (χ0v) is 19.7. The summed E-state index contributed by atoms with van der Waals surface area (Å²) in [6.45, 7) is 0. The van der Waals surface area contributed by atoms with Crippen molar-refractivity contribution in [2.24, 2.45) is 0 Å². The molecule has 0 radical (unpaired) electrons. The van der Waals surface area contributed by atoms with Gasteiger partial charge in [-0.25, -0.2) is 4.98 Å². The van der Waals surface area contributed by atoms with E-state index in [4.69, 9.17) is 22.2 Å². The molecule has 0 saturated carbocycles. The van der Waals surface area contributed by atoms with E-state index in [0.29, 0.717) is 0 Å². The Hall–Kier alpha value is -4.55. The van der Waals surface area contributed by atoms with Crippen LogP contribution < -0.4 is 22.1 Å². The summed E-state index contributed by atoms with van der Waals surface area (Å²) in [6, 6.07) is 34.5. The number of hydrogen-bond donors (Lipinski definition) is 3. The van der Waals surface area contributed by atoms with Crippen molar-refractivity contribution in [3.05, 3.63) is 103 Å². The van der Waals surface area contributed by atoms with Gasteiger partial charge in [0.05, 0.1) is 10.2 Å². The molecule has 5 nitrogen and oxygen atoms in total. The lowest BCUT2D eigenvalue weighted by Crippen LogP contribution is -2.09. The number of nitrogen functional groups attached to an aromatic ring is 3. The number of rotatable bonds is 4. The van der Waals surface area contributed by atoms with E-state index in [1.165, 1.54) is 5.39 Å². The maximum Gasteiger partial charge on any atom is 0.195 e. The SMILES string of the molecule is Nc1ccc(N(c2ccc(N)cc2)c2nc3ccc(-c4ccc5cc(N)ccc5c4)cc3s2)cc1. The molecule has 0 aliphatic rings. The minimum atomic E-state index is 0.720. The van der Waals surface area contributed by atoms with Crippen LogP contribution in [0.2, 0.25) is 0 Å². The van der Waals surface area contributed by atoms with Gasteiger partial charge in [0.25, 0.3) is 0 Å². The number of aromatic nitrogens is 1. The van der Waals surface area contributed by atoms with Gasteiger partial charge < -0.3 is 17.2 Å². The molecule has 0 fully saturated rings. The fourth-order valence-electron chi connectivity index (χ4n) is 4.25. The first-order valence-electron chi connectivity index (χ1n) is 11.2. The Bertz CT molecular complexity index is 1630. The molecular formula is C29H23N5S. The number of nitrogens with zero attached hydrogens (tertiary/aromatic N) is 2. The second-order valence-electron chi connectivity index (χ2n) is 8.52. The van der Waals surface area contributed by atoms with E-state index in [2.05, 4.69) is 47.4 Å². The van der Waals surface area contributed by atoms with Crippen molar-refractivity contribution in [1.82, 2.24) is 4.98 Å². The topological polar surface area (TPSA) is 94.2 Å². The predicted molar refractivity (Wildman–Crippen MR) is 150 cm³/mol. The molecule has 0 amide bonds. The van der Waals surface area contributed by atoms with Gasteiger partial charge in [0.15, 0.2) is 5.13 Å². The van der Waals surface area contributed by atoms with Crippen LogP contribution in [0.1, 0.15) is 0 Å². The van der Waals surface area contributed by atoms with Gasteiger partial charge in [0, 0.05) is 28.4 Å². The summed E-state index contributed by atoms with van der Waals surface area (Å²) in [4.78, 5) is 7.10. The van der Waals surface area contributed by atoms with Crippen LogP contribution in [0.25, 0.3) is 32.1 Å². The highest BCUT2D eigenvalue weighted by atomic mass is 32.1. The second-order valence-corrected chi connectivity index (χ2v) is 9.53. The lowest BCUT2D eigenvalue weighted by Gasteiger charge is -2.22. The highest BCUT2D eigenvalue weighted by Crippen LogP contribution is 2.40. The molecule has 0 atom stereocenters. The minimum Gasteiger partial charge on any atom is -0.399 e. The average molecular weight is 474 g/mol. The molecule has 0 aliphatic carbocycles. The zero-order valence-electron chi connectivity index (χ0n) is 18.8. The Morgan fingerprint density at radius 2 is 1.09 bits per heavy atom. The van der Waals surface area contributed by atoms with Crippen molar-refractivity contribution in [3.8, 4) is 11.1 Å². The molecule has 6 heteroatoms. The van der Waals surface area contributed by atoms with Crippen LogP contribution in [-0.2, 0) is 0 Å². The van der Waals surface area contributed by atoms with E-state index >= 15 is 0 Å². The van der Waals surface area contributed by atoms with Gasteiger partial charge in [-0.3, -0.25) is 4.90 Å². The molecule has 5 aromatic carbocycles. The first kappa shape index (κ1) is 21.0. The van der Waals surface area contributed by atoms with Gasteiger partial charge >= 0.3 is 0 Å². The summed E-state index contributed by atoms with van der Waals surface area (Å²) in [7, 11) is 0. The van der Waals surface area contributed by atoms with Crippen molar-refractivity contribution in [2.45, 2.75) is 0 Å². The summed E-state index contributed by atoms with van der Waals surface area (Å²) >= 11 is 1.65. The third-order valence-corrected chi connectivity index (χ3v) is 7.07. The molecule has 1 heterocycles. The molecule has 0 saturated heterocycles. The van der Waals surface area contributed by atoms with Crippen molar-refractivity contribution in [2.75, 3.05) is 22.1 Å². The molecule has 0 unspecified atom stereocenters. The van der Waals surface area contributed by atoms with Gasteiger partial charge in [-0.05, 0) is 101 Å². The van der Waals surface area contributed by atoms with Gasteiger partial charge in [-0.2, -0.15) is 0 Å². The lowest BCUT2D eigenvalue weighted by molar-refractivity contribution is 1.25. The predicted octanol–water partition coefficient (Wildman–Crippen LogP) is 7.33. The highest BCUT2D eigenvalue weighted by molar-refractivity contribution is 7.22. The van der Waals surface area contributed by atoms with Crippen molar-refractivity contribution >= 4 is 65.9 Å². The van der Waals surface area contributed by atoms with E-state index < -0.39 is 0 Å². The number of anilines is 6. The summed E-state index contributed by atoms with van der Waals surface area (Å²) in [5, 5.41) is 3.18. The second kappa shape index (κ2) is 8.34. The van der Waals surface area contributed by atoms with Gasteiger partial charge in [-0.1, -0.05) is 35.6 Å². The van der Waals surface area contributed by atoms with Crippen LogP contribution in [0.4, 0.5) is 33.6 Å². The van der Waals surface area contributed by atoms with Gasteiger partial charge in [0.1, 0.15) is 0 Å². The third-order valence-electron chi connectivity index (χ3n) is 6.07. The molecule has 6 aromatic rings. The Labute approximate surface area is 207 Å². The Morgan fingerprint density at radius 3 is 1.77 bits per heavy atom. The molecule has 6 rings (SSSR count). The summed E-state index contributed by atoms with van der Waals surface area (Å²) in [5.74, 6) is 0. The maximum absolute atomic E-state index is 5.94. The van der Waals surface area contributed by atoms with Crippen LogP contribution in [0.15, 0.2) is 103 Å². The molecule has 35 heavy (non-hydrogen) atoms. The molecule has 0 bridgehead atoms. The van der Waals surface area contributed by atoms with Crippen LogP contribution >= 0.6 is 11.3 Å². The van der Waals surface area contributed by atoms with Crippen LogP contribution in [0.5, 0.6) is 0 Å². The van der Waals surface area contributed by atoms with Crippen molar-refractivity contribution < 1.29 is 0 Å². The van der Waals surface area contributed by atoms with Crippen LogP contribution in [0, 0.1) is 0 Å². The Balaban J connectivity index is 1.44. The standard InChI is InChI=1S/C29H23N5S/c30-22-6-10-25(11-7-22)34(26-12-8-23(31)9-13-26)29-33-27-14-4-21(17-28(27)35-29)18-1-2-20-16-24(32)5-3-19(20)15-18/h1-17H,30-32H2. The van der Waals surface area contributed by atoms with E-state index in [0.717, 1.165) is 60.3 Å². The number of hydrogen-bond acceptors (Lipinski definition) is 6. The monoisotopic (exact) mass is 473 g/mol. The summed E-state index contributed by atoms with van der Waals surface area (Å²) in [5.41, 5.74) is 25.3. The van der Waals surface area contributed by atoms with E-state index in [-0.39, 0.29) is 0 Å². The maximum atomic E-state index is 5.94. The van der Waals surface area contributed by atoms with Crippen LogP contribution in [-0.4, -0.2) is 4.98 Å². The lowest BCUT2D eigenvalue weighted by atomic mass is 10.0. The largest absolute Gasteiger partial charge is 0.399 e. The molecule has 0 aliphatic heterocycles. The smallest absolute Gasteiger partial charge is 0.195 e. The first-order chi connectivity index (χ1) is 17.0. The summed E-state index contributed by atoms with van der Waals surface area (Å²) in [6.07, 6.45) is 0. The molecule has 170 valence electrons. The number of nitrogens with two attached hydrogens (primary N) is 3. The van der Waals surface area contributed by atoms with Gasteiger partial charge in [0.2, 0.25) is 0 Å². The fourth-order valence-corrected chi connectivity index (χ4v) is 5.30. The molecule has 1 aromatic heterocycles. The molecule has 6 N–H and O–H groups in total. The third kappa shape index (κ3) is 4.00. The first-order valence-corrected chi connectivity index (χ1v) is 12.1. The fraction of sp³-hybridized carbons (Fsp3) is 0. The highest BCUT2D eigenvalue weighted by Gasteiger charge is 2.17. The number of fused-ring (bicyclic) bond motifs is 2. The average Bonchev–Trinajstić information content (AvgIpc) is 3.29. The molecular weight excluding hydrogens is 450 g/mol. The zero-order chi connectivity index (χ0) is 23.9. The Morgan fingerprint density at radius 1 is 0.543 bits per heavy atom.